The van der Waals surface area contributed by atoms with E-state index in [4.69, 9.17) is 4.74 Å². The standard InChI is InChI=1S/C27H26BrNO4/c28-19-6-3-15(4-7-19)11-18-13-27(32)21-12-17-5-8-20(30)24-22(17)26(27,25(33-24)23(18)31)9-10-29(21)14-16-1-2-16/h3-8,11,16,21,25,30,32H,1-2,9-10,12-14H2/b18-11+/t21-,25+,26+,27-/m1/s1. The second kappa shape index (κ2) is 6.71. The molecule has 5 aliphatic rings. The van der Waals surface area contributed by atoms with Crippen molar-refractivity contribution in [3.05, 3.63) is 63.1 Å². The molecule has 3 aliphatic carbocycles. The molecule has 1 saturated heterocycles. The van der Waals surface area contributed by atoms with Gasteiger partial charge in [-0.05, 0) is 73.5 Å². The average molecular weight is 508 g/mol. The lowest BCUT2D eigenvalue weighted by Crippen LogP contribution is -2.77. The summed E-state index contributed by atoms with van der Waals surface area (Å²) in [6.45, 7) is 1.85. The Morgan fingerprint density at radius 3 is 2.73 bits per heavy atom. The molecule has 2 aromatic carbocycles. The molecule has 5 nitrogen and oxygen atoms in total. The Morgan fingerprint density at radius 1 is 1.18 bits per heavy atom. The van der Waals surface area contributed by atoms with Crippen LogP contribution in [0.3, 0.4) is 0 Å². The van der Waals surface area contributed by atoms with Gasteiger partial charge < -0.3 is 14.9 Å². The second-order valence-electron chi connectivity index (χ2n) is 10.5. The van der Waals surface area contributed by atoms with Crippen LogP contribution in [0, 0.1) is 5.92 Å². The van der Waals surface area contributed by atoms with Crippen LogP contribution in [0.15, 0.2) is 46.4 Å². The molecule has 3 fully saturated rings. The maximum Gasteiger partial charge on any atom is 0.200 e. The number of phenols is 1. The van der Waals surface area contributed by atoms with Crippen molar-refractivity contribution in [2.45, 2.75) is 55.3 Å². The summed E-state index contributed by atoms with van der Waals surface area (Å²) < 4.78 is 7.26. The average Bonchev–Trinajstić information content (AvgIpc) is 3.53. The Bertz CT molecular complexity index is 1220. The van der Waals surface area contributed by atoms with Crippen molar-refractivity contribution in [1.82, 2.24) is 4.90 Å². The van der Waals surface area contributed by atoms with Crippen molar-refractivity contribution in [2.24, 2.45) is 5.92 Å². The van der Waals surface area contributed by atoms with Gasteiger partial charge >= 0.3 is 0 Å². The summed E-state index contributed by atoms with van der Waals surface area (Å²) in [5, 5.41) is 23.2. The highest BCUT2D eigenvalue weighted by atomic mass is 79.9. The number of nitrogens with zero attached hydrogens (tertiary/aromatic N) is 1. The van der Waals surface area contributed by atoms with E-state index < -0.39 is 17.1 Å². The fourth-order valence-electron chi connectivity index (χ4n) is 7.07. The fourth-order valence-corrected chi connectivity index (χ4v) is 7.33. The summed E-state index contributed by atoms with van der Waals surface area (Å²) in [7, 11) is 0. The highest BCUT2D eigenvalue weighted by Crippen LogP contribution is 2.65. The van der Waals surface area contributed by atoms with Crippen molar-refractivity contribution in [1.29, 1.82) is 0 Å². The lowest BCUT2D eigenvalue weighted by atomic mass is 9.48. The molecule has 0 amide bonds. The molecular formula is C27H26BrNO4. The first-order chi connectivity index (χ1) is 15.9. The van der Waals surface area contributed by atoms with E-state index in [9.17, 15) is 15.0 Å². The van der Waals surface area contributed by atoms with Crippen molar-refractivity contribution in [3.8, 4) is 11.5 Å². The topological polar surface area (TPSA) is 70.0 Å². The largest absolute Gasteiger partial charge is 0.504 e. The number of piperidine rings is 1. The molecule has 2 bridgehead atoms. The normalized spacial score (nSPS) is 35.5. The van der Waals surface area contributed by atoms with Gasteiger partial charge in [-0.25, -0.2) is 0 Å². The van der Waals surface area contributed by atoms with Crippen LogP contribution in [0.4, 0.5) is 0 Å². The number of Topliss-reactive ketones (excluding diaryl/α,β-unsaturated/α-hetero) is 1. The number of rotatable bonds is 3. The molecule has 170 valence electrons. The number of halogens is 1. The number of likely N-dealkylation sites (tertiary alicyclic amines) is 1. The van der Waals surface area contributed by atoms with E-state index in [1.165, 1.54) is 12.8 Å². The second-order valence-corrected chi connectivity index (χ2v) is 11.4. The first-order valence-electron chi connectivity index (χ1n) is 11.9. The van der Waals surface area contributed by atoms with Crippen molar-refractivity contribution in [3.63, 3.8) is 0 Å². The van der Waals surface area contributed by atoms with Gasteiger partial charge in [0.15, 0.2) is 23.4 Å². The van der Waals surface area contributed by atoms with Crippen LogP contribution >= 0.6 is 15.9 Å². The smallest absolute Gasteiger partial charge is 0.200 e. The number of benzene rings is 2. The summed E-state index contributed by atoms with van der Waals surface area (Å²) in [5.41, 5.74) is 1.60. The van der Waals surface area contributed by atoms with Crippen LogP contribution in [-0.2, 0) is 16.6 Å². The Labute approximate surface area is 201 Å². The Balaban J connectivity index is 1.40. The number of carbonyl (C=O) groups is 1. The molecule has 1 spiro atoms. The maximum atomic E-state index is 13.8. The lowest BCUT2D eigenvalue weighted by molar-refractivity contribution is -0.179. The van der Waals surface area contributed by atoms with Crippen molar-refractivity contribution < 1.29 is 19.7 Å². The molecule has 2 heterocycles. The van der Waals surface area contributed by atoms with Gasteiger partial charge in [-0.1, -0.05) is 34.1 Å². The molecule has 2 saturated carbocycles. The molecule has 2 aliphatic heterocycles. The van der Waals surface area contributed by atoms with E-state index in [1.807, 2.05) is 36.4 Å². The number of aromatic hydroxyl groups is 1. The van der Waals surface area contributed by atoms with Gasteiger partial charge in [0, 0.05) is 34.6 Å². The number of ether oxygens (including phenoxy) is 1. The molecule has 2 N–H and O–H groups in total. The van der Waals surface area contributed by atoms with Crippen LogP contribution in [0.25, 0.3) is 6.08 Å². The minimum atomic E-state index is -1.12. The third kappa shape index (κ3) is 2.63. The van der Waals surface area contributed by atoms with E-state index in [1.54, 1.807) is 6.07 Å². The summed E-state index contributed by atoms with van der Waals surface area (Å²) >= 11 is 3.46. The number of phenolic OH excluding ortho intramolecular Hbond substituents is 1. The van der Waals surface area contributed by atoms with E-state index in [2.05, 4.69) is 20.8 Å². The molecular weight excluding hydrogens is 482 g/mol. The summed E-state index contributed by atoms with van der Waals surface area (Å²) in [6, 6.07) is 11.4. The van der Waals surface area contributed by atoms with Gasteiger partial charge in [0.1, 0.15) is 0 Å². The van der Waals surface area contributed by atoms with E-state index in [0.717, 1.165) is 40.2 Å². The number of hydrogen-bond donors (Lipinski definition) is 2. The zero-order chi connectivity index (χ0) is 22.5. The molecule has 0 aromatic heterocycles. The van der Waals surface area contributed by atoms with Crippen LogP contribution in [-0.4, -0.2) is 51.7 Å². The number of aliphatic hydroxyl groups is 1. The van der Waals surface area contributed by atoms with Gasteiger partial charge in [-0.2, -0.15) is 0 Å². The Hall–Kier alpha value is -2.15. The highest BCUT2D eigenvalue weighted by Gasteiger charge is 2.74. The predicted molar refractivity (Wildman–Crippen MR) is 127 cm³/mol. The molecule has 2 aromatic rings. The van der Waals surface area contributed by atoms with E-state index in [-0.39, 0.29) is 17.6 Å². The predicted octanol–water partition coefficient (Wildman–Crippen LogP) is 3.98. The Kier molecular flexibility index (Phi) is 4.12. The van der Waals surface area contributed by atoms with Crippen molar-refractivity contribution >= 4 is 27.8 Å². The zero-order valence-electron chi connectivity index (χ0n) is 18.3. The number of carbonyl (C=O) groups excluding carboxylic acids is 1. The van der Waals surface area contributed by atoms with Gasteiger partial charge in [0.2, 0.25) is 0 Å². The minimum absolute atomic E-state index is 0.0602. The van der Waals surface area contributed by atoms with Crippen LogP contribution in [0.1, 0.15) is 42.4 Å². The minimum Gasteiger partial charge on any atom is -0.504 e. The third-order valence-corrected chi connectivity index (χ3v) is 9.27. The Morgan fingerprint density at radius 2 is 1.97 bits per heavy atom. The highest BCUT2D eigenvalue weighted by molar-refractivity contribution is 9.10. The first kappa shape index (κ1) is 20.2. The first-order valence-corrected chi connectivity index (χ1v) is 12.7. The molecule has 0 unspecified atom stereocenters. The SMILES string of the molecule is O=C1/C(=C/c2ccc(Br)cc2)C[C@@]2(O)[C@H]3Cc4ccc(O)c5c4[C@@]2(CCN3CC2CC2)[C@H]1O5. The summed E-state index contributed by atoms with van der Waals surface area (Å²) in [6.07, 6.45) is 5.32. The third-order valence-electron chi connectivity index (χ3n) is 8.74. The maximum absolute atomic E-state index is 13.8. The molecule has 7 rings (SSSR count). The molecule has 33 heavy (non-hydrogen) atoms. The van der Waals surface area contributed by atoms with Crippen LogP contribution in [0.2, 0.25) is 0 Å². The van der Waals surface area contributed by atoms with Crippen molar-refractivity contribution in [2.75, 3.05) is 13.1 Å². The molecule has 4 atom stereocenters. The molecule has 6 heteroatoms. The van der Waals surface area contributed by atoms with Gasteiger partial charge in [0.05, 0.1) is 11.0 Å². The zero-order valence-corrected chi connectivity index (χ0v) is 19.8. The lowest BCUT2D eigenvalue weighted by Gasteiger charge is -2.62. The van der Waals surface area contributed by atoms with Gasteiger partial charge in [-0.3, -0.25) is 9.69 Å². The summed E-state index contributed by atoms with van der Waals surface area (Å²) in [4.78, 5) is 16.3. The van der Waals surface area contributed by atoms with Crippen LogP contribution in [0.5, 0.6) is 11.5 Å². The summed E-state index contributed by atoms with van der Waals surface area (Å²) in [5.74, 6) is 1.12. The number of hydrogen-bond acceptors (Lipinski definition) is 5. The van der Waals surface area contributed by atoms with Crippen LogP contribution < -0.4 is 4.74 Å². The number of ketones is 1. The van der Waals surface area contributed by atoms with E-state index in [0.29, 0.717) is 30.6 Å². The van der Waals surface area contributed by atoms with Gasteiger partial charge in [-0.15, -0.1) is 0 Å². The monoisotopic (exact) mass is 507 g/mol. The van der Waals surface area contributed by atoms with Gasteiger partial charge in [0.25, 0.3) is 0 Å². The quantitative estimate of drug-likeness (QED) is 0.614. The fraction of sp³-hybridized carbons (Fsp3) is 0.444. The molecule has 0 radical (unpaired) electrons. The van der Waals surface area contributed by atoms with E-state index >= 15 is 0 Å².